The highest BCUT2D eigenvalue weighted by molar-refractivity contribution is 7.93. The minimum Gasteiger partial charge on any atom is -0.305 e. The predicted molar refractivity (Wildman–Crippen MR) is 130 cm³/mol. The molecule has 0 N–H and O–H groups in total. The van der Waals surface area contributed by atoms with Gasteiger partial charge in [-0.2, -0.15) is 0 Å². The van der Waals surface area contributed by atoms with Crippen LogP contribution in [0, 0.1) is 20.8 Å². The van der Waals surface area contributed by atoms with Gasteiger partial charge in [0.25, 0.3) is 0 Å². The molecule has 4 aromatic carbocycles. The van der Waals surface area contributed by atoms with Crippen LogP contribution in [0.1, 0.15) is 27.0 Å². The van der Waals surface area contributed by atoms with E-state index in [1.807, 2.05) is 60.7 Å². The molecule has 0 saturated carbocycles. The van der Waals surface area contributed by atoms with E-state index in [2.05, 4.69) is 32.9 Å². The van der Waals surface area contributed by atoms with Gasteiger partial charge in [0.05, 0.1) is 0 Å². The predicted octanol–water partition coefficient (Wildman–Crippen LogP) is 6.43. The van der Waals surface area contributed by atoms with E-state index in [-0.39, 0.29) is 5.52 Å². The van der Waals surface area contributed by atoms with E-state index < -0.39 is 7.14 Å². The Hall–Kier alpha value is -3.22. The maximum atomic E-state index is 14.9. The lowest BCUT2D eigenvalue weighted by atomic mass is 9.94. The number of carbonyl (C=O) groups is 1. The second-order valence-electron chi connectivity index (χ2n) is 7.91. The topological polar surface area (TPSA) is 34.1 Å². The molecule has 1 unspecified atom stereocenters. The lowest BCUT2D eigenvalue weighted by Crippen LogP contribution is -2.24. The van der Waals surface area contributed by atoms with Crippen LogP contribution in [-0.2, 0) is 4.57 Å². The number of benzene rings is 4. The summed E-state index contributed by atoms with van der Waals surface area (Å²) in [4.78, 5) is 13.8. The Morgan fingerprint density at radius 1 is 0.677 bits per heavy atom. The molecule has 0 aliphatic heterocycles. The molecule has 3 heteroatoms. The molecular formula is C28H25O2P. The summed E-state index contributed by atoms with van der Waals surface area (Å²) in [5.41, 5.74) is 5.42. The quantitative estimate of drug-likeness (QED) is 0.346. The van der Waals surface area contributed by atoms with Crippen LogP contribution in [0.3, 0.4) is 0 Å². The monoisotopic (exact) mass is 424 g/mol. The lowest BCUT2D eigenvalue weighted by molar-refractivity contribution is 0.107. The van der Waals surface area contributed by atoms with Gasteiger partial charge in [-0.25, -0.2) is 0 Å². The first kappa shape index (κ1) is 21.0. The zero-order valence-corrected chi connectivity index (χ0v) is 18.9. The van der Waals surface area contributed by atoms with E-state index in [1.165, 1.54) is 5.56 Å². The molecule has 0 aromatic heterocycles. The first-order chi connectivity index (χ1) is 14.9. The van der Waals surface area contributed by atoms with Crippen LogP contribution in [-0.4, -0.2) is 5.52 Å². The van der Waals surface area contributed by atoms with E-state index in [1.54, 1.807) is 24.3 Å². The summed E-state index contributed by atoms with van der Waals surface area (Å²) in [6, 6.07) is 30.0. The Morgan fingerprint density at radius 3 is 1.81 bits per heavy atom. The fourth-order valence-electron chi connectivity index (χ4n) is 4.33. The average molecular weight is 424 g/mol. The van der Waals surface area contributed by atoms with Crippen molar-refractivity contribution in [3.8, 4) is 11.1 Å². The smallest absolute Gasteiger partial charge is 0.230 e. The maximum Gasteiger partial charge on any atom is 0.230 e. The molecule has 0 aliphatic carbocycles. The Morgan fingerprint density at radius 2 is 1.19 bits per heavy atom. The standard InChI is InChI=1S/C28H25O2P/c1-20-18-21(2)27(22(3)19-20)25-16-10-11-17-26(25)31(30,24-14-8-5-9-15-24)28(29)23-12-6-4-7-13-23/h4-19H,1-3H3. The molecule has 1 atom stereocenters. The van der Waals surface area contributed by atoms with E-state index in [4.69, 9.17) is 0 Å². The Balaban J connectivity index is 2.04. The first-order valence-corrected chi connectivity index (χ1v) is 12.1. The minimum atomic E-state index is -3.63. The van der Waals surface area contributed by atoms with Crippen molar-refractivity contribution in [2.75, 3.05) is 0 Å². The van der Waals surface area contributed by atoms with Gasteiger partial charge < -0.3 is 4.57 Å². The summed E-state index contributed by atoms with van der Waals surface area (Å²) >= 11 is 0. The third-order valence-electron chi connectivity index (χ3n) is 5.62. The molecule has 0 amide bonds. The van der Waals surface area contributed by atoms with Crippen molar-refractivity contribution in [3.63, 3.8) is 0 Å². The highest BCUT2D eigenvalue weighted by Crippen LogP contribution is 2.49. The van der Waals surface area contributed by atoms with Gasteiger partial charge in [-0.15, -0.1) is 0 Å². The molecule has 0 fully saturated rings. The molecule has 31 heavy (non-hydrogen) atoms. The van der Waals surface area contributed by atoms with Crippen LogP contribution in [0.15, 0.2) is 97.1 Å². The molecule has 4 rings (SSSR count). The van der Waals surface area contributed by atoms with E-state index in [9.17, 15) is 9.36 Å². The van der Waals surface area contributed by atoms with Crippen molar-refractivity contribution in [2.45, 2.75) is 20.8 Å². The largest absolute Gasteiger partial charge is 0.305 e. The summed E-state index contributed by atoms with van der Waals surface area (Å²) in [7, 11) is -3.63. The van der Waals surface area contributed by atoms with Crippen LogP contribution in [0.5, 0.6) is 0 Å². The fraction of sp³-hybridized carbons (Fsp3) is 0.107. The van der Waals surface area contributed by atoms with E-state index >= 15 is 0 Å². The highest BCUT2D eigenvalue weighted by atomic mass is 31.2. The first-order valence-electron chi connectivity index (χ1n) is 10.4. The molecule has 0 aliphatic rings. The van der Waals surface area contributed by atoms with Crippen LogP contribution < -0.4 is 10.6 Å². The summed E-state index contributed by atoms with van der Waals surface area (Å²) < 4.78 is 14.9. The molecule has 0 bridgehead atoms. The van der Waals surface area contributed by atoms with Gasteiger partial charge in [-0.05, 0) is 43.0 Å². The van der Waals surface area contributed by atoms with Gasteiger partial charge in [-0.3, -0.25) is 4.79 Å². The van der Waals surface area contributed by atoms with Gasteiger partial charge in [0, 0.05) is 16.2 Å². The molecule has 0 spiro atoms. The number of hydrogen-bond acceptors (Lipinski definition) is 2. The average Bonchev–Trinajstić information content (AvgIpc) is 2.79. The Bertz CT molecular complexity index is 1270. The van der Waals surface area contributed by atoms with Gasteiger partial charge in [0.2, 0.25) is 12.7 Å². The van der Waals surface area contributed by atoms with Crippen molar-refractivity contribution in [3.05, 3.63) is 119 Å². The third-order valence-corrected chi connectivity index (χ3v) is 8.54. The minimum absolute atomic E-state index is 0.339. The van der Waals surface area contributed by atoms with Crippen molar-refractivity contribution in [2.24, 2.45) is 0 Å². The van der Waals surface area contributed by atoms with Crippen LogP contribution in [0.4, 0.5) is 0 Å². The Kier molecular flexibility index (Phi) is 5.76. The molecule has 2 nitrogen and oxygen atoms in total. The zero-order valence-electron chi connectivity index (χ0n) is 18.0. The molecule has 0 saturated heterocycles. The lowest BCUT2D eigenvalue weighted by Gasteiger charge is -2.23. The van der Waals surface area contributed by atoms with Crippen LogP contribution >= 0.6 is 7.14 Å². The van der Waals surface area contributed by atoms with Gasteiger partial charge in [-0.1, -0.05) is 103 Å². The molecule has 4 aromatic rings. The number of hydrogen-bond donors (Lipinski definition) is 0. The summed E-state index contributed by atoms with van der Waals surface area (Å²) in [5.74, 6) is 0. The zero-order chi connectivity index (χ0) is 22.0. The highest BCUT2D eigenvalue weighted by Gasteiger charge is 2.38. The number of aryl methyl sites for hydroxylation is 3. The van der Waals surface area contributed by atoms with Crippen LogP contribution in [0.2, 0.25) is 0 Å². The SMILES string of the molecule is Cc1cc(C)c(-c2ccccc2P(=O)(C(=O)c2ccccc2)c2ccccc2)c(C)c1. The number of carbonyl (C=O) groups excluding carboxylic acids is 1. The van der Waals surface area contributed by atoms with Gasteiger partial charge in [0.15, 0.2) is 0 Å². The molecule has 154 valence electrons. The normalized spacial score (nSPS) is 12.9. The number of rotatable bonds is 5. The van der Waals surface area contributed by atoms with E-state index in [0.29, 0.717) is 16.2 Å². The second kappa shape index (κ2) is 8.49. The molecule has 0 heterocycles. The van der Waals surface area contributed by atoms with Crippen LogP contribution in [0.25, 0.3) is 11.1 Å². The summed E-state index contributed by atoms with van der Waals surface area (Å²) in [5, 5.41) is 1.14. The summed E-state index contributed by atoms with van der Waals surface area (Å²) in [6.07, 6.45) is 0. The van der Waals surface area contributed by atoms with Gasteiger partial charge in [0.1, 0.15) is 0 Å². The van der Waals surface area contributed by atoms with E-state index in [0.717, 1.165) is 22.3 Å². The van der Waals surface area contributed by atoms with Crippen molar-refractivity contribution in [1.82, 2.24) is 0 Å². The van der Waals surface area contributed by atoms with Gasteiger partial charge >= 0.3 is 0 Å². The maximum absolute atomic E-state index is 14.9. The van der Waals surface area contributed by atoms with Crippen molar-refractivity contribution in [1.29, 1.82) is 0 Å². The third kappa shape index (κ3) is 3.80. The van der Waals surface area contributed by atoms with Crippen molar-refractivity contribution < 1.29 is 9.36 Å². The Labute approximate surface area is 184 Å². The second-order valence-corrected chi connectivity index (χ2v) is 10.5. The fourth-order valence-corrected chi connectivity index (χ4v) is 6.99. The molecular weight excluding hydrogens is 399 g/mol. The van der Waals surface area contributed by atoms with Crippen molar-refractivity contribution >= 4 is 23.3 Å². The summed E-state index contributed by atoms with van der Waals surface area (Å²) in [6.45, 7) is 6.21. The molecule has 0 radical (unpaired) electrons.